The number of aryl methyl sites for hydroxylation is 1. The normalized spacial score (nSPS) is 15.8. The van der Waals surface area contributed by atoms with Crippen LogP contribution in [0.3, 0.4) is 0 Å². The highest BCUT2D eigenvalue weighted by atomic mass is 32.2. The minimum Gasteiger partial charge on any atom is -0.496 e. The van der Waals surface area contributed by atoms with Gasteiger partial charge >= 0.3 is 0 Å². The van der Waals surface area contributed by atoms with Gasteiger partial charge in [-0.1, -0.05) is 42.1 Å². The zero-order chi connectivity index (χ0) is 20.1. The monoisotopic (exact) mass is 417 g/mol. The lowest BCUT2D eigenvalue weighted by Gasteiger charge is -2.23. The van der Waals surface area contributed by atoms with Gasteiger partial charge in [-0.3, -0.25) is 4.55 Å². The number of thioether (sulfide) groups is 1. The smallest absolute Gasteiger partial charge is 0.294 e. The van der Waals surface area contributed by atoms with Gasteiger partial charge in [0.2, 0.25) is 0 Å². The lowest BCUT2D eigenvalue weighted by molar-refractivity contribution is 0.411. The van der Waals surface area contributed by atoms with Crippen molar-refractivity contribution < 1.29 is 17.7 Å². The van der Waals surface area contributed by atoms with Gasteiger partial charge in [-0.2, -0.15) is 8.42 Å². The molecule has 0 amide bonds. The highest BCUT2D eigenvalue weighted by Gasteiger charge is 2.23. The molecule has 148 valence electrons. The molecule has 5 nitrogen and oxygen atoms in total. The van der Waals surface area contributed by atoms with Crippen LogP contribution in [0.2, 0.25) is 0 Å². The molecular weight excluding hydrogens is 394 g/mol. The molecule has 2 aromatic rings. The molecule has 0 saturated heterocycles. The second-order valence-corrected chi connectivity index (χ2v) is 8.58. The number of methoxy groups -OCH3 is 1. The van der Waals surface area contributed by atoms with E-state index in [9.17, 15) is 8.42 Å². The number of benzene rings is 2. The van der Waals surface area contributed by atoms with E-state index in [1.165, 1.54) is 17.2 Å². The molecule has 7 heteroatoms. The van der Waals surface area contributed by atoms with E-state index >= 15 is 0 Å². The Morgan fingerprint density at radius 1 is 1.14 bits per heavy atom. The Bertz CT molecular complexity index is 995. The fraction of sp³-hybridized carbons (Fsp3) is 0.238. The Kier molecular flexibility index (Phi) is 6.49. The first kappa shape index (κ1) is 20.5. The fourth-order valence-corrected chi connectivity index (χ4v) is 4.64. The summed E-state index contributed by atoms with van der Waals surface area (Å²) < 4.78 is 36.8. The van der Waals surface area contributed by atoms with Gasteiger partial charge in [0.1, 0.15) is 5.75 Å². The topological polar surface area (TPSA) is 66.8 Å². The highest BCUT2D eigenvalue weighted by molar-refractivity contribution is 8.06. The first-order valence-electron chi connectivity index (χ1n) is 8.98. The van der Waals surface area contributed by atoms with Crippen molar-refractivity contribution in [2.45, 2.75) is 24.7 Å². The van der Waals surface area contributed by atoms with Crippen LogP contribution in [-0.2, 0) is 16.5 Å². The number of para-hydroxylation sites is 1. The molecule has 1 aliphatic rings. The van der Waals surface area contributed by atoms with E-state index in [4.69, 9.17) is 9.29 Å². The van der Waals surface area contributed by atoms with E-state index in [-0.39, 0.29) is 4.90 Å². The summed E-state index contributed by atoms with van der Waals surface area (Å²) in [6.07, 6.45) is 3.82. The number of allylic oxidation sites excluding steroid dienone is 1. The summed E-state index contributed by atoms with van der Waals surface area (Å²) in [6.45, 7) is 2.98. The van der Waals surface area contributed by atoms with Crippen LogP contribution >= 0.6 is 11.8 Å². The van der Waals surface area contributed by atoms with Crippen molar-refractivity contribution >= 4 is 27.6 Å². The molecule has 0 saturated carbocycles. The molecule has 1 heterocycles. The second kappa shape index (κ2) is 8.86. The number of hydrogen-bond acceptors (Lipinski definition) is 5. The van der Waals surface area contributed by atoms with Crippen molar-refractivity contribution in [2.24, 2.45) is 0 Å². The first-order valence-corrected chi connectivity index (χ1v) is 11.3. The summed E-state index contributed by atoms with van der Waals surface area (Å²) in [4.78, 5) is 2.19. The van der Waals surface area contributed by atoms with Crippen LogP contribution in [0.1, 0.15) is 24.5 Å². The van der Waals surface area contributed by atoms with Gasteiger partial charge in [0.15, 0.2) is 0 Å². The molecule has 1 aliphatic heterocycles. The molecule has 0 spiro atoms. The van der Waals surface area contributed by atoms with Gasteiger partial charge in [-0.25, -0.2) is 0 Å². The van der Waals surface area contributed by atoms with Crippen molar-refractivity contribution in [1.29, 1.82) is 0 Å². The summed E-state index contributed by atoms with van der Waals surface area (Å²) in [7, 11) is -2.46. The van der Waals surface area contributed by atoms with E-state index in [0.29, 0.717) is 0 Å². The van der Waals surface area contributed by atoms with Crippen molar-refractivity contribution in [3.05, 3.63) is 76.2 Å². The minimum absolute atomic E-state index is 0.0799. The largest absolute Gasteiger partial charge is 0.496 e. The summed E-state index contributed by atoms with van der Waals surface area (Å²) in [6, 6.07) is 14.3. The van der Waals surface area contributed by atoms with E-state index < -0.39 is 10.1 Å². The van der Waals surface area contributed by atoms with Crippen LogP contribution in [0, 0.1) is 0 Å². The number of hydrogen-bond donors (Lipinski definition) is 1. The van der Waals surface area contributed by atoms with Crippen LogP contribution in [0.25, 0.3) is 5.70 Å². The lowest BCUT2D eigenvalue weighted by Crippen LogP contribution is -2.16. The number of ether oxygens (including phenoxy) is 1. The first-order chi connectivity index (χ1) is 13.4. The molecular formula is C21H23NO4S2. The Morgan fingerprint density at radius 2 is 1.86 bits per heavy atom. The third kappa shape index (κ3) is 4.60. The van der Waals surface area contributed by atoms with Crippen molar-refractivity contribution in [3.63, 3.8) is 0 Å². The second-order valence-electron chi connectivity index (χ2n) is 6.27. The predicted octanol–water partition coefficient (Wildman–Crippen LogP) is 4.78. The van der Waals surface area contributed by atoms with Gasteiger partial charge < -0.3 is 9.64 Å². The van der Waals surface area contributed by atoms with E-state index in [2.05, 4.69) is 29.4 Å². The summed E-state index contributed by atoms with van der Waals surface area (Å²) in [5, 5.41) is 3.33. The molecule has 0 unspecified atom stereocenters. The molecule has 28 heavy (non-hydrogen) atoms. The van der Waals surface area contributed by atoms with E-state index in [1.54, 1.807) is 31.0 Å². The predicted molar refractivity (Wildman–Crippen MR) is 114 cm³/mol. The Labute approximate surface area is 170 Å². The van der Waals surface area contributed by atoms with Crippen molar-refractivity contribution in [1.82, 2.24) is 4.90 Å². The minimum atomic E-state index is -4.14. The number of nitrogens with zero attached hydrogens (tertiary/aromatic N) is 1. The lowest BCUT2D eigenvalue weighted by atomic mass is 10.1. The number of rotatable bonds is 7. The average Bonchev–Trinajstić information content (AvgIpc) is 3.10. The van der Waals surface area contributed by atoms with Gasteiger partial charge in [-0.05, 0) is 49.6 Å². The Hall–Kier alpha value is -2.22. The molecule has 0 aromatic heterocycles. The average molecular weight is 418 g/mol. The molecule has 2 aromatic carbocycles. The zero-order valence-corrected chi connectivity index (χ0v) is 17.5. The van der Waals surface area contributed by atoms with Crippen LogP contribution in [0.5, 0.6) is 5.75 Å². The molecule has 0 radical (unpaired) electrons. The third-order valence-electron chi connectivity index (χ3n) is 4.52. The maximum Gasteiger partial charge on any atom is 0.294 e. The summed E-state index contributed by atoms with van der Waals surface area (Å²) in [5.74, 6) is 0.855. The summed E-state index contributed by atoms with van der Waals surface area (Å²) in [5.41, 5.74) is 3.23. The van der Waals surface area contributed by atoms with E-state index in [0.717, 1.165) is 42.0 Å². The SMILES string of the molecule is CCN1C(=CCCc2ccc(S(=O)(=O)O)cc2)SC=C1c1ccccc1OC. The molecule has 1 N–H and O–H groups in total. The molecule has 0 aliphatic carbocycles. The standard InChI is InChI=1S/C21H23NO4S2/c1-3-22-19(18-8-4-5-9-20(18)26-2)15-27-21(22)10-6-7-16-11-13-17(14-12-16)28(23,24)25/h4-5,8-15H,3,6-7H2,1-2H3,(H,23,24,25). The fourth-order valence-electron chi connectivity index (χ4n) is 3.10. The maximum absolute atomic E-state index is 11.1. The quantitative estimate of drug-likeness (QED) is 0.654. The highest BCUT2D eigenvalue weighted by Crippen LogP contribution is 2.42. The van der Waals surface area contributed by atoms with Crippen molar-refractivity contribution in [2.75, 3.05) is 13.7 Å². The zero-order valence-electron chi connectivity index (χ0n) is 15.8. The van der Waals surface area contributed by atoms with Crippen LogP contribution < -0.4 is 4.74 Å². The summed E-state index contributed by atoms with van der Waals surface area (Å²) >= 11 is 1.70. The van der Waals surface area contributed by atoms with Crippen molar-refractivity contribution in [3.8, 4) is 5.75 Å². The van der Waals surface area contributed by atoms with Crippen LogP contribution in [0.15, 0.2) is 69.9 Å². The van der Waals surface area contributed by atoms with Gasteiger partial charge in [-0.15, -0.1) is 0 Å². The van der Waals surface area contributed by atoms with Crippen LogP contribution in [-0.4, -0.2) is 31.5 Å². The van der Waals surface area contributed by atoms with Gasteiger partial charge in [0.25, 0.3) is 10.1 Å². The van der Waals surface area contributed by atoms with Gasteiger partial charge in [0.05, 0.1) is 22.7 Å². The van der Waals surface area contributed by atoms with Gasteiger partial charge in [0, 0.05) is 17.5 Å². The molecule has 3 rings (SSSR count). The Balaban J connectivity index is 1.68. The van der Waals surface area contributed by atoms with E-state index in [1.807, 2.05) is 18.2 Å². The molecule has 0 atom stereocenters. The molecule has 0 fully saturated rings. The Morgan fingerprint density at radius 3 is 2.50 bits per heavy atom. The van der Waals surface area contributed by atoms with Crippen LogP contribution in [0.4, 0.5) is 0 Å². The molecule has 0 bridgehead atoms. The maximum atomic E-state index is 11.1. The third-order valence-corrected chi connectivity index (χ3v) is 6.36.